The number of benzene rings is 1. The Bertz CT molecular complexity index is 1300. The zero-order valence-corrected chi connectivity index (χ0v) is 21.3. The van der Waals surface area contributed by atoms with Crippen molar-refractivity contribution in [2.45, 2.75) is 6.54 Å². The molecule has 3 rings (SSSR count). The molecule has 2 aromatic heterocycles. The summed E-state index contributed by atoms with van der Waals surface area (Å²) in [5, 5.41) is 17.7. The molecule has 0 bridgehead atoms. The van der Waals surface area contributed by atoms with Crippen LogP contribution in [-0.4, -0.2) is 48.1 Å². The Labute approximate surface area is 215 Å². The molecule has 0 aliphatic heterocycles. The third kappa shape index (κ3) is 6.59. The van der Waals surface area contributed by atoms with Gasteiger partial charge in [0.05, 0.1) is 27.2 Å². The highest BCUT2D eigenvalue weighted by atomic mass is 35.5. The highest BCUT2D eigenvalue weighted by Gasteiger charge is 2.23. The number of nitrogens with one attached hydrogen (secondary N) is 2. The minimum absolute atomic E-state index is 0.0703. The fourth-order valence-corrected chi connectivity index (χ4v) is 4.95. The van der Waals surface area contributed by atoms with Gasteiger partial charge >= 0.3 is 0 Å². The Hall–Kier alpha value is -2.41. The Kier molecular flexibility index (Phi) is 8.74. The van der Waals surface area contributed by atoms with E-state index in [1.165, 1.54) is 35.4 Å². The van der Waals surface area contributed by atoms with Crippen molar-refractivity contribution >= 4 is 80.2 Å². The lowest BCUT2D eigenvalue weighted by Crippen LogP contribution is -2.20. The Balaban J connectivity index is 1.84. The molecule has 3 N–H and O–H groups in total. The highest BCUT2D eigenvalue weighted by molar-refractivity contribution is 7.72. The number of hydrogen-bond acceptors (Lipinski definition) is 8. The predicted molar refractivity (Wildman–Crippen MR) is 134 cm³/mol. The summed E-state index contributed by atoms with van der Waals surface area (Å²) in [6, 6.07) is 5.47. The average Bonchev–Trinajstić information content (AvgIpc) is 3.10. The smallest absolute Gasteiger partial charge is 0.267 e. The number of aromatic hydroxyl groups is 1. The maximum absolute atomic E-state index is 12.9. The molecule has 0 saturated carbocycles. The van der Waals surface area contributed by atoms with E-state index in [4.69, 9.17) is 34.8 Å². The van der Waals surface area contributed by atoms with Gasteiger partial charge in [0, 0.05) is 23.8 Å². The van der Waals surface area contributed by atoms with E-state index in [1.54, 1.807) is 12.4 Å². The van der Waals surface area contributed by atoms with Gasteiger partial charge in [0.25, 0.3) is 11.8 Å². The van der Waals surface area contributed by atoms with Crippen LogP contribution in [0.25, 0.3) is 0 Å². The molecule has 0 saturated heterocycles. The highest BCUT2D eigenvalue weighted by Crippen LogP contribution is 2.35. The molecule has 2 amide bonds. The van der Waals surface area contributed by atoms with Crippen molar-refractivity contribution in [1.29, 1.82) is 0 Å². The number of halogens is 3. The van der Waals surface area contributed by atoms with Crippen molar-refractivity contribution in [3.8, 4) is 5.75 Å². The third-order valence-corrected chi connectivity index (χ3v) is 7.07. The van der Waals surface area contributed by atoms with Gasteiger partial charge in [0.2, 0.25) is 0 Å². The number of carbonyl (C=O) groups is 2. The molecule has 0 aliphatic rings. The number of phenolic OH excluding ortho intramolecular Hbond substituents is 1. The molecule has 14 heteroatoms. The number of thiophene rings is 1. The van der Waals surface area contributed by atoms with Crippen molar-refractivity contribution < 1.29 is 23.1 Å². The van der Waals surface area contributed by atoms with Gasteiger partial charge in [-0.1, -0.05) is 34.8 Å². The van der Waals surface area contributed by atoms with E-state index in [0.29, 0.717) is 10.6 Å². The summed E-state index contributed by atoms with van der Waals surface area (Å²) in [6.07, 6.45) is 1.35. The van der Waals surface area contributed by atoms with Crippen LogP contribution in [0, 0.1) is 0 Å². The van der Waals surface area contributed by atoms with E-state index in [-0.39, 0.29) is 44.4 Å². The average molecular weight is 564 g/mol. The second-order valence-corrected chi connectivity index (χ2v) is 10.1. The largest absolute Gasteiger partial charge is 0.506 e. The van der Waals surface area contributed by atoms with Gasteiger partial charge in [-0.3, -0.25) is 14.5 Å². The number of hydrogen-bond donors (Lipinski definition) is 4. The molecule has 0 radical (unpaired) electrons. The Morgan fingerprint density at radius 3 is 2.50 bits per heavy atom. The van der Waals surface area contributed by atoms with Gasteiger partial charge in [-0.25, -0.2) is 13.4 Å². The predicted octanol–water partition coefficient (Wildman–Crippen LogP) is 4.31. The lowest BCUT2D eigenvalue weighted by atomic mass is 10.1. The zero-order valence-electron chi connectivity index (χ0n) is 17.3. The molecule has 0 aliphatic carbocycles. The summed E-state index contributed by atoms with van der Waals surface area (Å²) in [6.45, 7) is 0.208. The summed E-state index contributed by atoms with van der Waals surface area (Å²) < 4.78 is 21.8. The van der Waals surface area contributed by atoms with Crippen LogP contribution in [0.1, 0.15) is 25.6 Å². The number of phenols is 1. The molecule has 0 fully saturated rings. The molecule has 34 heavy (non-hydrogen) atoms. The number of amides is 2. The van der Waals surface area contributed by atoms with Crippen LogP contribution in [0.15, 0.2) is 35.8 Å². The van der Waals surface area contributed by atoms with Gasteiger partial charge in [-0.05, 0) is 36.2 Å². The molecule has 0 unspecified atom stereocenters. The van der Waals surface area contributed by atoms with Crippen molar-refractivity contribution in [3.05, 3.63) is 66.9 Å². The maximum atomic E-state index is 12.9. The molecule has 0 spiro atoms. The lowest BCUT2D eigenvalue weighted by Gasteiger charge is -2.14. The van der Waals surface area contributed by atoms with Gasteiger partial charge < -0.3 is 15.7 Å². The van der Waals surface area contributed by atoms with Gasteiger partial charge in [0.15, 0.2) is 10.7 Å². The number of pyridine rings is 1. The lowest BCUT2D eigenvalue weighted by molar-refractivity contribution is 0.102. The summed E-state index contributed by atoms with van der Waals surface area (Å²) in [5.74, 6) is -1.75. The molecule has 1 aromatic carbocycles. The van der Waals surface area contributed by atoms with Crippen molar-refractivity contribution in [3.63, 3.8) is 0 Å². The van der Waals surface area contributed by atoms with Crippen LogP contribution in [0.5, 0.6) is 5.75 Å². The van der Waals surface area contributed by atoms with E-state index in [9.17, 15) is 23.1 Å². The molecular weight excluding hydrogens is 547 g/mol. The van der Waals surface area contributed by atoms with E-state index in [2.05, 4.69) is 15.6 Å². The molecule has 2 heterocycles. The number of thiol groups is 1. The van der Waals surface area contributed by atoms with E-state index >= 15 is 0 Å². The zero-order chi connectivity index (χ0) is 25.0. The molecule has 0 atom stereocenters. The van der Waals surface area contributed by atoms with Crippen molar-refractivity contribution in [2.75, 3.05) is 23.6 Å². The van der Waals surface area contributed by atoms with Crippen LogP contribution < -0.4 is 10.6 Å². The number of aromatic nitrogens is 1. The minimum Gasteiger partial charge on any atom is -0.506 e. The summed E-state index contributed by atoms with van der Waals surface area (Å²) in [4.78, 5) is 31.4. The van der Waals surface area contributed by atoms with Gasteiger partial charge in [-0.15, -0.1) is 11.3 Å². The standard InChI is InChI=1S/C20H17Cl3N4O5S2/c1-27(9-34(31)32)7-10-8-33-18(16(10)23)20(30)26-17-13(4-12(22)5-14(17)28)19(29)25-15-3-2-11(21)6-24-15/h2-6,8,28,34H,7,9H2,1H3,(H,26,30)(H,24,25,29). The number of carbonyl (C=O) groups excluding carboxylic acids is 2. The molecule has 180 valence electrons. The summed E-state index contributed by atoms with van der Waals surface area (Å²) in [7, 11) is -1.000. The monoisotopic (exact) mass is 562 g/mol. The first-order valence-corrected chi connectivity index (χ1v) is 12.8. The Morgan fingerprint density at radius 1 is 1.12 bits per heavy atom. The van der Waals surface area contributed by atoms with Crippen LogP contribution in [-0.2, 0) is 17.2 Å². The second kappa shape index (κ2) is 11.3. The quantitative estimate of drug-likeness (QED) is 0.237. The number of rotatable bonds is 8. The normalized spacial score (nSPS) is 11.1. The first-order valence-electron chi connectivity index (χ1n) is 9.38. The van der Waals surface area contributed by atoms with Crippen molar-refractivity contribution in [2.24, 2.45) is 0 Å². The van der Waals surface area contributed by atoms with E-state index in [0.717, 1.165) is 11.3 Å². The topological polar surface area (TPSA) is 129 Å². The van der Waals surface area contributed by atoms with Crippen LogP contribution in [0.4, 0.5) is 11.5 Å². The fourth-order valence-electron chi connectivity index (χ4n) is 2.88. The Morgan fingerprint density at radius 2 is 1.85 bits per heavy atom. The van der Waals surface area contributed by atoms with E-state index in [1.807, 2.05) is 0 Å². The van der Waals surface area contributed by atoms with E-state index < -0.39 is 28.3 Å². The number of anilines is 2. The summed E-state index contributed by atoms with van der Waals surface area (Å²) in [5.41, 5.74) is 0.276. The van der Waals surface area contributed by atoms with Crippen LogP contribution in [0.2, 0.25) is 15.1 Å². The maximum Gasteiger partial charge on any atom is 0.267 e. The fraction of sp³-hybridized carbons (Fsp3) is 0.150. The van der Waals surface area contributed by atoms with Crippen LogP contribution in [0.3, 0.4) is 0 Å². The molecule has 9 nitrogen and oxygen atoms in total. The van der Waals surface area contributed by atoms with Gasteiger partial charge in [-0.2, -0.15) is 0 Å². The van der Waals surface area contributed by atoms with Gasteiger partial charge in [0.1, 0.15) is 16.4 Å². The molecule has 3 aromatic rings. The van der Waals surface area contributed by atoms with Crippen molar-refractivity contribution in [1.82, 2.24) is 9.88 Å². The molecular formula is C20H17Cl3N4O5S2. The number of nitrogens with zero attached hydrogens (tertiary/aromatic N) is 2. The minimum atomic E-state index is -2.60. The first-order chi connectivity index (χ1) is 16.0. The second-order valence-electron chi connectivity index (χ2n) is 7.01. The SMILES string of the molecule is CN(Cc1csc(C(=O)Nc2c(O)cc(Cl)cc2C(=O)Nc2ccc(Cl)cn2)c1Cl)C[SH](=O)=O. The summed E-state index contributed by atoms with van der Waals surface area (Å²) >= 11 is 19.2. The third-order valence-electron chi connectivity index (χ3n) is 4.34. The van der Waals surface area contributed by atoms with Crippen LogP contribution >= 0.6 is 46.1 Å². The first kappa shape index (κ1) is 26.2.